The minimum absolute atomic E-state index is 0.0286. The van der Waals surface area contributed by atoms with Gasteiger partial charge in [0.25, 0.3) is 0 Å². The fraction of sp³-hybridized carbons (Fsp3) is 0.900. The van der Waals surface area contributed by atoms with Crippen molar-refractivity contribution >= 4 is 12.0 Å². The predicted octanol–water partition coefficient (Wildman–Crippen LogP) is 1.54. The van der Waals surface area contributed by atoms with Gasteiger partial charge in [-0.1, -0.05) is 19.3 Å². The number of nitrogens with one attached hydrogen (secondary N) is 1. The molecule has 2 amide bonds. The zero-order chi connectivity index (χ0) is 20.1. The van der Waals surface area contributed by atoms with E-state index in [9.17, 15) is 9.59 Å². The summed E-state index contributed by atoms with van der Waals surface area (Å²) in [5.41, 5.74) is 0.108. The summed E-state index contributed by atoms with van der Waals surface area (Å²) in [4.78, 5) is 27.3. The first kappa shape index (κ1) is 21.3. The number of likely N-dealkylation sites (N-methyl/N-ethyl adjacent to an activating group) is 1. The van der Waals surface area contributed by atoms with Crippen LogP contribution in [-0.2, 0) is 14.3 Å². The second-order valence-corrected chi connectivity index (χ2v) is 8.50. The topological polar surface area (TPSA) is 91.3 Å². The lowest BCUT2D eigenvalue weighted by atomic mass is 9.55. The van der Waals surface area contributed by atoms with Crippen molar-refractivity contribution in [2.24, 2.45) is 5.41 Å². The molecule has 0 aromatic heterocycles. The number of carboxylic acid groups (broad SMARTS) is 1. The molecule has 160 valence electrons. The number of hydrogen-bond acceptors (Lipinski definition) is 5. The number of nitrogens with zero attached hydrogens (tertiary/aromatic N) is 2. The monoisotopic (exact) mass is 397 g/mol. The number of amides is 2. The molecule has 2 aliphatic carbocycles. The van der Waals surface area contributed by atoms with Crippen LogP contribution in [0.5, 0.6) is 0 Å². The predicted molar refractivity (Wildman–Crippen MR) is 104 cm³/mol. The van der Waals surface area contributed by atoms with Crippen molar-refractivity contribution < 1.29 is 24.2 Å². The van der Waals surface area contributed by atoms with E-state index >= 15 is 0 Å². The Morgan fingerprint density at radius 2 is 2.07 bits per heavy atom. The summed E-state index contributed by atoms with van der Waals surface area (Å²) in [6, 6.07) is 0.159. The molecule has 1 aliphatic heterocycles. The molecule has 3 atom stereocenters. The highest BCUT2D eigenvalue weighted by Gasteiger charge is 2.56. The van der Waals surface area contributed by atoms with Crippen molar-refractivity contribution in [3.63, 3.8) is 0 Å². The Morgan fingerprint density at radius 3 is 2.75 bits per heavy atom. The highest BCUT2D eigenvalue weighted by molar-refractivity contribution is 5.75. The van der Waals surface area contributed by atoms with Gasteiger partial charge in [-0.05, 0) is 33.2 Å². The highest BCUT2D eigenvalue weighted by atomic mass is 16.5. The second-order valence-electron chi connectivity index (χ2n) is 8.50. The van der Waals surface area contributed by atoms with E-state index in [0.717, 1.165) is 25.9 Å². The van der Waals surface area contributed by atoms with E-state index in [1.54, 1.807) is 11.9 Å². The SMILES string of the molecule is CCOC1CC(NC(=O)N2CCOC(CN(C)CC(=O)O)C2)C12CCCCC2. The first-order chi connectivity index (χ1) is 13.4. The van der Waals surface area contributed by atoms with Gasteiger partial charge in [-0.2, -0.15) is 0 Å². The van der Waals surface area contributed by atoms with Gasteiger partial charge in [0.1, 0.15) is 0 Å². The normalized spacial score (nSPS) is 29.5. The summed E-state index contributed by atoms with van der Waals surface area (Å²) in [7, 11) is 1.76. The summed E-state index contributed by atoms with van der Waals surface area (Å²) in [5, 5.41) is 12.2. The Labute approximate surface area is 167 Å². The zero-order valence-electron chi connectivity index (χ0n) is 17.2. The van der Waals surface area contributed by atoms with Crippen LogP contribution in [0.3, 0.4) is 0 Å². The fourth-order valence-corrected chi connectivity index (χ4v) is 5.16. The van der Waals surface area contributed by atoms with E-state index in [-0.39, 0.29) is 36.2 Å². The number of morpholine rings is 1. The molecule has 0 radical (unpaired) electrons. The molecular formula is C20H35N3O5. The molecule has 8 nitrogen and oxygen atoms in total. The molecule has 1 saturated heterocycles. The number of ether oxygens (including phenoxy) is 2. The maximum atomic E-state index is 12.9. The highest BCUT2D eigenvalue weighted by Crippen LogP contribution is 2.53. The van der Waals surface area contributed by atoms with Crippen molar-refractivity contribution in [2.75, 3.05) is 46.4 Å². The van der Waals surface area contributed by atoms with Crippen LogP contribution in [-0.4, -0.2) is 91.6 Å². The lowest BCUT2D eigenvalue weighted by molar-refractivity contribution is -0.147. The van der Waals surface area contributed by atoms with Gasteiger partial charge in [-0.25, -0.2) is 4.79 Å². The Bertz CT molecular complexity index is 552. The molecule has 8 heteroatoms. The van der Waals surface area contributed by atoms with Gasteiger partial charge in [0, 0.05) is 37.7 Å². The average molecular weight is 398 g/mol. The van der Waals surface area contributed by atoms with Crippen molar-refractivity contribution in [3.8, 4) is 0 Å². The molecule has 28 heavy (non-hydrogen) atoms. The molecular weight excluding hydrogens is 362 g/mol. The smallest absolute Gasteiger partial charge is 0.317 e. The number of carboxylic acids is 1. The summed E-state index contributed by atoms with van der Waals surface area (Å²) >= 11 is 0. The molecule has 1 spiro atoms. The number of rotatable bonds is 7. The lowest BCUT2D eigenvalue weighted by Gasteiger charge is -2.57. The van der Waals surface area contributed by atoms with Gasteiger partial charge in [0.05, 0.1) is 25.4 Å². The molecule has 1 heterocycles. The van der Waals surface area contributed by atoms with E-state index in [4.69, 9.17) is 14.6 Å². The van der Waals surface area contributed by atoms with E-state index in [2.05, 4.69) is 5.32 Å². The van der Waals surface area contributed by atoms with E-state index in [1.807, 2.05) is 11.8 Å². The Kier molecular flexibility index (Phi) is 7.17. The molecule has 3 unspecified atom stereocenters. The van der Waals surface area contributed by atoms with Crippen LogP contribution in [0.25, 0.3) is 0 Å². The van der Waals surface area contributed by atoms with Gasteiger partial charge in [-0.3, -0.25) is 9.69 Å². The standard InChI is InChI=1S/C20H35N3O5/c1-3-27-17-11-16(20(17)7-5-4-6-8-20)21-19(26)23-9-10-28-15(13-23)12-22(2)14-18(24)25/h15-17H,3-14H2,1-2H3,(H,21,26)(H,24,25). The summed E-state index contributed by atoms with van der Waals surface area (Å²) < 4.78 is 11.7. The van der Waals surface area contributed by atoms with Crippen molar-refractivity contribution in [1.29, 1.82) is 0 Å². The lowest BCUT2D eigenvalue weighted by Crippen LogP contribution is -2.67. The molecule has 3 rings (SSSR count). The first-order valence-corrected chi connectivity index (χ1v) is 10.6. The Hall–Kier alpha value is -1.38. The molecule has 0 bridgehead atoms. The first-order valence-electron chi connectivity index (χ1n) is 10.6. The molecule has 3 aliphatic rings. The number of hydrogen-bond donors (Lipinski definition) is 2. The van der Waals surface area contributed by atoms with Gasteiger partial charge >= 0.3 is 12.0 Å². The maximum absolute atomic E-state index is 12.9. The summed E-state index contributed by atoms with van der Waals surface area (Å²) in [5.74, 6) is -0.862. The third-order valence-electron chi connectivity index (χ3n) is 6.58. The van der Waals surface area contributed by atoms with Crippen LogP contribution in [0.4, 0.5) is 4.79 Å². The van der Waals surface area contributed by atoms with E-state index in [1.165, 1.54) is 19.3 Å². The zero-order valence-corrected chi connectivity index (χ0v) is 17.2. The van der Waals surface area contributed by atoms with Gasteiger partial charge in [-0.15, -0.1) is 0 Å². The third-order valence-corrected chi connectivity index (χ3v) is 6.58. The quantitative estimate of drug-likeness (QED) is 0.677. The summed E-state index contributed by atoms with van der Waals surface area (Å²) in [6.45, 7) is 4.77. The number of carbonyl (C=O) groups excluding carboxylic acids is 1. The number of urea groups is 1. The third kappa shape index (κ3) is 4.78. The number of carbonyl (C=O) groups is 2. The molecule has 3 fully saturated rings. The van der Waals surface area contributed by atoms with Crippen molar-refractivity contribution in [3.05, 3.63) is 0 Å². The van der Waals surface area contributed by atoms with E-state index < -0.39 is 5.97 Å². The minimum atomic E-state index is -0.862. The molecule has 2 N–H and O–H groups in total. The molecule has 0 aromatic rings. The van der Waals surface area contributed by atoms with Gasteiger partial charge in [0.15, 0.2) is 0 Å². The molecule has 0 aromatic carbocycles. The maximum Gasteiger partial charge on any atom is 0.317 e. The minimum Gasteiger partial charge on any atom is -0.480 e. The van der Waals surface area contributed by atoms with E-state index in [0.29, 0.717) is 26.2 Å². The summed E-state index contributed by atoms with van der Waals surface area (Å²) in [6.07, 6.45) is 6.97. The Balaban J connectivity index is 1.53. The van der Waals surface area contributed by atoms with Crippen LogP contribution in [0.2, 0.25) is 0 Å². The van der Waals surface area contributed by atoms with Crippen LogP contribution >= 0.6 is 0 Å². The van der Waals surface area contributed by atoms with Crippen LogP contribution in [0.1, 0.15) is 45.4 Å². The second kappa shape index (κ2) is 9.41. The Morgan fingerprint density at radius 1 is 1.32 bits per heavy atom. The average Bonchev–Trinajstić information content (AvgIpc) is 2.67. The largest absolute Gasteiger partial charge is 0.480 e. The molecule has 2 saturated carbocycles. The van der Waals surface area contributed by atoms with Crippen LogP contribution in [0, 0.1) is 5.41 Å². The van der Waals surface area contributed by atoms with Gasteiger partial charge in [0.2, 0.25) is 0 Å². The van der Waals surface area contributed by atoms with Crippen molar-refractivity contribution in [1.82, 2.24) is 15.1 Å². The number of aliphatic carboxylic acids is 1. The van der Waals surface area contributed by atoms with Crippen molar-refractivity contribution in [2.45, 2.75) is 63.7 Å². The fourth-order valence-electron chi connectivity index (χ4n) is 5.16. The van der Waals surface area contributed by atoms with Crippen LogP contribution in [0.15, 0.2) is 0 Å². The van der Waals surface area contributed by atoms with Crippen LogP contribution < -0.4 is 5.32 Å². The van der Waals surface area contributed by atoms with Gasteiger partial charge < -0.3 is 24.8 Å².